The summed E-state index contributed by atoms with van der Waals surface area (Å²) in [7, 11) is 1.67. The molecule has 0 spiro atoms. The topological polar surface area (TPSA) is 35.0 Å². The zero-order valence-corrected chi connectivity index (χ0v) is 12.1. The zero-order chi connectivity index (χ0) is 14.7. The quantitative estimate of drug-likeness (QED) is 0.721. The number of hydrogen-bond acceptors (Lipinski definition) is 3. The van der Waals surface area contributed by atoms with E-state index in [1.807, 2.05) is 55.6 Å². The van der Waals surface area contributed by atoms with E-state index in [1.54, 1.807) is 13.3 Å². The molecule has 3 heteroatoms. The van der Waals surface area contributed by atoms with E-state index in [9.17, 15) is 0 Å². The molecule has 0 N–H and O–H groups in total. The normalized spacial score (nSPS) is 10.4. The van der Waals surface area contributed by atoms with Crippen LogP contribution in [-0.2, 0) is 0 Å². The summed E-state index contributed by atoms with van der Waals surface area (Å²) in [6.07, 6.45) is 3.69. The second kappa shape index (κ2) is 5.75. The zero-order valence-electron chi connectivity index (χ0n) is 12.1. The van der Waals surface area contributed by atoms with Crippen molar-refractivity contribution in [2.24, 2.45) is 0 Å². The van der Waals surface area contributed by atoms with Gasteiger partial charge >= 0.3 is 0 Å². The van der Waals surface area contributed by atoms with Crippen molar-refractivity contribution >= 4 is 0 Å². The SMILES string of the molecule is COc1ccc(-c2ccc(-c3cccnc3C)nc2)cc1. The summed E-state index contributed by atoms with van der Waals surface area (Å²) in [6.45, 7) is 1.99. The van der Waals surface area contributed by atoms with Crippen LogP contribution in [0.3, 0.4) is 0 Å². The monoisotopic (exact) mass is 276 g/mol. The highest BCUT2D eigenvalue weighted by atomic mass is 16.5. The van der Waals surface area contributed by atoms with Gasteiger partial charge in [-0.2, -0.15) is 0 Å². The summed E-state index contributed by atoms with van der Waals surface area (Å²) >= 11 is 0. The largest absolute Gasteiger partial charge is 0.497 e. The molecule has 0 aliphatic carbocycles. The van der Waals surface area contributed by atoms with Crippen molar-refractivity contribution in [3.8, 4) is 28.1 Å². The third-order valence-corrected chi connectivity index (χ3v) is 3.47. The van der Waals surface area contributed by atoms with Crippen LogP contribution in [-0.4, -0.2) is 17.1 Å². The predicted octanol–water partition coefficient (Wildman–Crippen LogP) is 4.13. The number of nitrogens with zero attached hydrogens (tertiary/aromatic N) is 2. The van der Waals surface area contributed by atoms with Gasteiger partial charge in [0.2, 0.25) is 0 Å². The lowest BCUT2D eigenvalue weighted by Crippen LogP contribution is -1.90. The molecule has 3 aromatic rings. The minimum Gasteiger partial charge on any atom is -0.497 e. The summed E-state index contributed by atoms with van der Waals surface area (Å²) < 4.78 is 5.17. The van der Waals surface area contributed by atoms with Crippen molar-refractivity contribution < 1.29 is 4.74 Å². The van der Waals surface area contributed by atoms with Crippen LogP contribution in [0.5, 0.6) is 5.75 Å². The molecule has 0 unspecified atom stereocenters. The van der Waals surface area contributed by atoms with Crippen LogP contribution >= 0.6 is 0 Å². The average Bonchev–Trinajstić information content (AvgIpc) is 2.56. The fourth-order valence-corrected chi connectivity index (χ4v) is 2.26. The van der Waals surface area contributed by atoms with Crippen LogP contribution in [0, 0.1) is 6.92 Å². The van der Waals surface area contributed by atoms with Gasteiger partial charge in [-0.25, -0.2) is 0 Å². The van der Waals surface area contributed by atoms with Gasteiger partial charge < -0.3 is 4.74 Å². The van der Waals surface area contributed by atoms with Crippen molar-refractivity contribution in [3.05, 3.63) is 66.6 Å². The van der Waals surface area contributed by atoms with E-state index in [0.717, 1.165) is 33.8 Å². The minimum absolute atomic E-state index is 0.856. The number of hydrogen-bond donors (Lipinski definition) is 0. The summed E-state index contributed by atoms with van der Waals surface area (Å²) in [5.74, 6) is 0.856. The lowest BCUT2D eigenvalue weighted by atomic mass is 10.1. The van der Waals surface area contributed by atoms with Gasteiger partial charge in [-0.15, -0.1) is 0 Å². The van der Waals surface area contributed by atoms with Gasteiger partial charge in [-0.1, -0.05) is 18.2 Å². The second-order valence-electron chi connectivity index (χ2n) is 4.80. The lowest BCUT2D eigenvalue weighted by Gasteiger charge is -2.06. The molecule has 1 aromatic carbocycles. The van der Waals surface area contributed by atoms with E-state index < -0.39 is 0 Å². The van der Waals surface area contributed by atoms with Gasteiger partial charge in [0.1, 0.15) is 5.75 Å². The van der Waals surface area contributed by atoms with E-state index in [4.69, 9.17) is 4.74 Å². The Morgan fingerprint density at radius 3 is 2.24 bits per heavy atom. The molecule has 0 aliphatic rings. The first kappa shape index (κ1) is 13.3. The molecular weight excluding hydrogens is 260 g/mol. The Morgan fingerprint density at radius 1 is 0.857 bits per heavy atom. The second-order valence-corrected chi connectivity index (χ2v) is 4.80. The Hall–Kier alpha value is -2.68. The van der Waals surface area contributed by atoms with Crippen LogP contribution in [0.1, 0.15) is 5.69 Å². The third kappa shape index (κ3) is 2.77. The molecule has 0 fully saturated rings. The molecule has 2 heterocycles. The first-order valence-electron chi connectivity index (χ1n) is 6.80. The third-order valence-electron chi connectivity index (χ3n) is 3.47. The number of aryl methyl sites for hydroxylation is 1. The highest BCUT2D eigenvalue weighted by Gasteiger charge is 2.04. The van der Waals surface area contributed by atoms with Crippen molar-refractivity contribution in [2.45, 2.75) is 6.92 Å². The Morgan fingerprint density at radius 2 is 1.62 bits per heavy atom. The number of methoxy groups -OCH3 is 1. The van der Waals surface area contributed by atoms with Gasteiger partial charge in [-0.3, -0.25) is 9.97 Å². The van der Waals surface area contributed by atoms with Gasteiger partial charge in [0.25, 0.3) is 0 Å². The average molecular weight is 276 g/mol. The molecule has 2 aromatic heterocycles. The van der Waals surface area contributed by atoms with Gasteiger partial charge in [0.15, 0.2) is 0 Å². The summed E-state index contributed by atoms with van der Waals surface area (Å²) in [5, 5.41) is 0. The number of aromatic nitrogens is 2. The Kier molecular flexibility index (Phi) is 3.65. The summed E-state index contributed by atoms with van der Waals surface area (Å²) in [4.78, 5) is 8.86. The molecule has 3 nitrogen and oxygen atoms in total. The van der Waals surface area contributed by atoms with Crippen molar-refractivity contribution in [1.82, 2.24) is 9.97 Å². The molecule has 3 rings (SSSR count). The van der Waals surface area contributed by atoms with Crippen LogP contribution < -0.4 is 4.74 Å². The van der Waals surface area contributed by atoms with E-state index in [1.165, 1.54) is 0 Å². The fraction of sp³-hybridized carbons (Fsp3) is 0.111. The van der Waals surface area contributed by atoms with E-state index in [2.05, 4.69) is 16.0 Å². The molecule has 0 amide bonds. The smallest absolute Gasteiger partial charge is 0.118 e. The highest BCUT2D eigenvalue weighted by Crippen LogP contribution is 2.25. The highest BCUT2D eigenvalue weighted by molar-refractivity contribution is 5.68. The number of rotatable bonds is 3. The maximum absolute atomic E-state index is 5.17. The number of benzene rings is 1. The summed E-state index contributed by atoms with van der Waals surface area (Å²) in [5.41, 5.74) is 5.21. The molecule has 0 aliphatic heterocycles. The minimum atomic E-state index is 0.856. The molecule has 21 heavy (non-hydrogen) atoms. The number of pyridine rings is 2. The van der Waals surface area contributed by atoms with Crippen molar-refractivity contribution in [2.75, 3.05) is 7.11 Å². The fourth-order valence-electron chi connectivity index (χ4n) is 2.26. The molecule has 0 radical (unpaired) electrons. The maximum Gasteiger partial charge on any atom is 0.118 e. The first-order chi connectivity index (χ1) is 10.3. The van der Waals surface area contributed by atoms with E-state index in [0.29, 0.717) is 0 Å². The Bertz CT molecular complexity index is 734. The van der Waals surface area contributed by atoms with Crippen molar-refractivity contribution in [1.29, 1.82) is 0 Å². The van der Waals surface area contributed by atoms with Gasteiger partial charge in [-0.05, 0) is 42.8 Å². The molecule has 104 valence electrons. The van der Waals surface area contributed by atoms with Crippen LogP contribution in [0.15, 0.2) is 60.9 Å². The standard InChI is InChI=1S/C18H16N2O/c1-13-17(4-3-11-19-13)18-10-7-15(12-20-18)14-5-8-16(21-2)9-6-14/h3-12H,1-2H3. The lowest BCUT2D eigenvalue weighted by molar-refractivity contribution is 0.415. The van der Waals surface area contributed by atoms with Crippen LogP contribution in [0.4, 0.5) is 0 Å². The van der Waals surface area contributed by atoms with Crippen LogP contribution in [0.2, 0.25) is 0 Å². The molecule has 0 bridgehead atoms. The van der Waals surface area contributed by atoms with Gasteiger partial charge in [0, 0.05) is 29.2 Å². The van der Waals surface area contributed by atoms with Crippen LogP contribution in [0.25, 0.3) is 22.4 Å². The molecule has 0 saturated heterocycles. The molecule has 0 saturated carbocycles. The van der Waals surface area contributed by atoms with Crippen molar-refractivity contribution in [3.63, 3.8) is 0 Å². The predicted molar refractivity (Wildman–Crippen MR) is 84.2 cm³/mol. The Labute approximate surface area is 124 Å². The van der Waals surface area contributed by atoms with Gasteiger partial charge in [0.05, 0.1) is 12.8 Å². The Balaban J connectivity index is 1.92. The maximum atomic E-state index is 5.17. The summed E-state index contributed by atoms with van der Waals surface area (Å²) in [6, 6.07) is 16.1. The molecular formula is C18H16N2O. The van der Waals surface area contributed by atoms with E-state index in [-0.39, 0.29) is 0 Å². The molecule has 0 atom stereocenters. The number of ether oxygens (including phenoxy) is 1. The first-order valence-corrected chi connectivity index (χ1v) is 6.80. The van der Waals surface area contributed by atoms with E-state index >= 15 is 0 Å².